The molecule has 1 heterocycles. The van der Waals surface area contributed by atoms with Crippen LogP contribution in [0.1, 0.15) is 13.3 Å². The van der Waals surface area contributed by atoms with E-state index < -0.39 is 0 Å². The van der Waals surface area contributed by atoms with E-state index in [9.17, 15) is 4.79 Å². The topological polar surface area (TPSA) is 38.3 Å². The van der Waals surface area contributed by atoms with E-state index in [0.717, 1.165) is 24.1 Å². The van der Waals surface area contributed by atoms with Gasteiger partial charge in [-0.05, 0) is 6.92 Å². The molecule has 0 radical (unpaired) electrons. The summed E-state index contributed by atoms with van der Waals surface area (Å²) in [6.45, 7) is 4.51. The van der Waals surface area contributed by atoms with Gasteiger partial charge in [0.2, 0.25) is 0 Å². The average Bonchev–Trinajstić information content (AvgIpc) is 1.95. The van der Waals surface area contributed by atoms with Gasteiger partial charge in [-0.3, -0.25) is 4.79 Å². The molecule has 4 heteroatoms. The molecule has 0 aliphatic carbocycles. The molecule has 0 atom stereocenters. The zero-order chi connectivity index (χ0) is 8.81. The number of carbonyl (C=O) groups excluding carboxylic acids is 1. The number of hydrogen-bond donors (Lipinski definition) is 1. The molecular formula is C8H15NO2S. The molecule has 1 aliphatic rings. The first-order valence-electron chi connectivity index (χ1n) is 4.31. The molecule has 3 nitrogen and oxygen atoms in total. The highest BCUT2D eigenvalue weighted by Crippen LogP contribution is 2.15. The van der Waals surface area contributed by atoms with Crippen LogP contribution in [0, 0.1) is 0 Å². The lowest BCUT2D eigenvalue weighted by Crippen LogP contribution is -2.44. The van der Waals surface area contributed by atoms with E-state index in [1.165, 1.54) is 0 Å². The minimum absolute atomic E-state index is 0.0720. The highest BCUT2D eigenvalue weighted by atomic mass is 32.2. The normalized spacial score (nSPS) is 17.1. The fraction of sp³-hybridized carbons (Fsp3) is 0.875. The van der Waals surface area contributed by atoms with Crippen LogP contribution in [0.15, 0.2) is 0 Å². The van der Waals surface area contributed by atoms with Crippen LogP contribution in [-0.4, -0.2) is 36.7 Å². The molecule has 1 saturated heterocycles. The van der Waals surface area contributed by atoms with Crippen molar-refractivity contribution in [2.45, 2.75) is 18.6 Å². The minimum Gasteiger partial charge on any atom is -0.466 e. The van der Waals surface area contributed by atoms with Gasteiger partial charge in [0, 0.05) is 24.1 Å². The Bertz CT molecular complexity index is 148. The molecular weight excluding hydrogens is 174 g/mol. The molecule has 0 aromatic carbocycles. The maximum absolute atomic E-state index is 10.9. The molecule has 1 N–H and O–H groups in total. The summed E-state index contributed by atoms with van der Waals surface area (Å²) in [7, 11) is 0. The Morgan fingerprint density at radius 3 is 2.92 bits per heavy atom. The quantitative estimate of drug-likeness (QED) is 0.644. The second-order valence-corrected chi connectivity index (χ2v) is 4.11. The molecule has 70 valence electrons. The average molecular weight is 189 g/mol. The van der Waals surface area contributed by atoms with Gasteiger partial charge in [0.15, 0.2) is 0 Å². The molecule has 0 saturated carbocycles. The van der Waals surface area contributed by atoms with Gasteiger partial charge < -0.3 is 10.1 Å². The lowest BCUT2D eigenvalue weighted by atomic mass is 10.3. The van der Waals surface area contributed by atoms with Gasteiger partial charge in [0.05, 0.1) is 13.0 Å². The predicted octanol–water partition coefficient (Wildman–Crippen LogP) is 0.645. The number of nitrogens with one attached hydrogen (secondary N) is 1. The Morgan fingerprint density at radius 2 is 2.42 bits per heavy atom. The summed E-state index contributed by atoms with van der Waals surface area (Å²) < 4.78 is 4.81. The number of hydrogen-bond acceptors (Lipinski definition) is 4. The Morgan fingerprint density at radius 1 is 1.67 bits per heavy atom. The van der Waals surface area contributed by atoms with Crippen molar-refractivity contribution in [3.05, 3.63) is 0 Å². The van der Waals surface area contributed by atoms with Gasteiger partial charge in [-0.15, -0.1) is 0 Å². The van der Waals surface area contributed by atoms with Crippen LogP contribution in [0.25, 0.3) is 0 Å². The number of carbonyl (C=O) groups is 1. The van der Waals surface area contributed by atoms with Gasteiger partial charge in [-0.1, -0.05) is 0 Å². The fourth-order valence-electron chi connectivity index (χ4n) is 0.922. The van der Waals surface area contributed by atoms with Crippen molar-refractivity contribution in [2.75, 3.05) is 25.4 Å². The lowest BCUT2D eigenvalue weighted by molar-refractivity contribution is -0.142. The summed E-state index contributed by atoms with van der Waals surface area (Å²) in [6.07, 6.45) is 0.551. The molecule has 1 rings (SSSR count). The number of thioether (sulfide) groups is 1. The third kappa shape index (κ3) is 3.45. The maximum atomic E-state index is 10.9. The predicted molar refractivity (Wildman–Crippen MR) is 50.4 cm³/mol. The van der Waals surface area contributed by atoms with Crippen molar-refractivity contribution in [1.82, 2.24) is 5.32 Å². The van der Waals surface area contributed by atoms with E-state index in [0.29, 0.717) is 13.0 Å². The minimum atomic E-state index is -0.0720. The van der Waals surface area contributed by atoms with E-state index in [1.54, 1.807) is 0 Å². The molecule has 0 spiro atoms. The highest BCUT2D eigenvalue weighted by molar-refractivity contribution is 8.00. The van der Waals surface area contributed by atoms with Crippen LogP contribution in [0.3, 0.4) is 0 Å². The van der Waals surface area contributed by atoms with Crippen LogP contribution in [0.2, 0.25) is 0 Å². The first-order valence-corrected chi connectivity index (χ1v) is 5.35. The van der Waals surface area contributed by atoms with E-state index in [1.807, 2.05) is 18.7 Å². The zero-order valence-electron chi connectivity index (χ0n) is 7.34. The molecule has 1 fully saturated rings. The first-order chi connectivity index (χ1) is 5.83. The molecule has 1 aliphatic heterocycles. The Hall–Kier alpha value is -0.220. The molecule has 12 heavy (non-hydrogen) atoms. The highest BCUT2D eigenvalue weighted by Gasteiger charge is 2.16. The van der Waals surface area contributed by atoms with Crippen LogP contribution in [0.5, 0.6) is 0 Å². The second kappa shape index (κ2) is 5.43. The van der Waals surface area contributed by atoms with Crippen LogP contribution in [-0.2, 0) is 9.53 Å². The van der Waals surface area contributed by atoms with Gasteiger partial charge in [-0.25, -0.2) is 0 Å². The van der Waals surface area contributed by atoms with Gasteiger partial charge in [-0.2, -0.15) is 11.8 Å². The van der Waals surface area contributed by atoms with Crippen LogP contribution < -0.4 is 5.32 Å². The zero-order valence-corrected chi connectivity index (χ0v) is 8.15. The molecule has 0 unspecified atom stereocenters. The lowest BCUT2D eigenvalue weighted by Gasteiger charge is -2.26. The van der Waals surface area contributed by atoms with Gasteiger partial charge in [0.1, 0.15) is 0 Å². The largest absolute Gasteiger partial charge is 0.466 e. The molecule has 0 aromatic rings. The monoisotopic (exact) mass is 189 g/mol. The Balaban J connectivity index is 1.90. The van der Waals surface area contributed by atoms with Crippen LogP contribution >= 0.6 is 11.8 Å². The third-order valence-corrected chi connectivity index (χ3v) is 2.95. The number of ether oxygens (including phenoxy) is 1. The van der Waals surface area contributed by atoms with Gasteiger partial charge >= 0.3 is 5.97 Å². The van der Waals surface area contributed by atoms with Crippen molar-refractivity contribution >= 4 is 17.7 Å². The Kier molecular flexibility index (Phi) is 4.46. The number of rotatable bonds is 5. The van der Waals surface area contributed by atoms with Crippen molar-refractivity contribution in [3.63, 3.8) is 0 Å². The van der Waals surface area contributed by atoms with E-state index in [4.69, 9.17) is 4.74 Å². The van der Waals surface area contributed by atoms with Gasteiger partial charge in [0.25, 0.3) is 0 Å². The van der Waals surface area contributed by atoms with Crippen LogP contribution in [0.4, 0.5) is 0 Å². The summed E-state index contributed by atoms with van der Waals surface area (Å²) in [6, 6.07) is 0. The third-order valence-electron chi connectivity index (χ3n) is 1.71. The smallest absolute Gasteiger partial charge is 0.306 e. The van der Waals surface area contributed by atoms with E-state index in [-0.39, 0.29) is 5.97 Å². The summed E-state index contributed by atoms with van der Waals surface area (Å²) in [5.41, 5.74) is 0. The van der Waals surface area contributed by atoms with Crippen molar-refractivity contribution < 1.29 is 9.53 Å². The van der Waals surface area contributed by atoms with Crippen molar-refractivity contribution in [1.29, 1.82) is 0 Å². The summed E-state index contributed by atoms with van der Waals surface area (Å²) in [4.78, 5) is 10.9. The molecule has 0 aromatic heterocycles. The summed E-state index contributed by atoms with van der Waals surface area (Å²) in [5.74, 6) is 0.822. The van der Waals surface area contributed by atoms with Crippen molar-refractivity contribution in [2.24, 2.45) is 0 Å². The van der Waals surface area contributed by atoms with E-state index in [2.05, 4.69) is 5.32 Å². The second-order valence-electron chi connectivity index (χ2n) is 2.71. The summed E-state index contributed by atoms with van der Waals surface area (Å²) >= 11 is 1.85. The first kappa shape index (κ1) is 9.86. The summed E-state index contributed by atoms with van der Waals surface area (Å²) in [5, 5.41) is 3.91. The van der Waals surface area contributed by atoms with E-state index >= 15 is 0 Å². The SMILES string of the molecule is CCOC(=O)CCSC1CNC1. The fourth-order valence-corrected chi connectivity index (χ4v) is 2.01. The van der Waals surface area contributed by atoms with Crippen molar-refractivity contribution in [3.8, 4) is 0 Å². The standard InChI is InChI=1S/C8H15NO2S/c1-2-11-8(10)3-4-12-7-5-9-6-7/h7,9H,2-6H2,1H3. The molecule has 0 bridgehead atoms. The Labute approximate surface area is 77.2 Å². The maximum Gasteiger partial charge on any atom is 0.306 e. The number of esters is 1. The molecule has 0 amide bonds.